The van der Waals surface area contributed by atoms with E-state index in [4.69, 9.17) is 5.73 Å². The van der Waals surface area contributed by atoms with Gasteiger partial charge in [-0.1, -0.05) is 58.4 Å². The van der Waals surface area contributed by atoms with Gasteiger partial charge in [-0.2, -0.15) is 0 Å². The molecular formula is C15H25N. The van der Waals surface area contributed by atoms with Crippen molar-refractivity contribution in [3.05, 3.63) is 35.4 Å². The summed E-state index contributed by atoms with van der Waals surface area (Å²) in [5.74, 6) is 1.27. The molecule has 0 aliphatic heterocycles. The molecule has 2 N–H and O–H groups in total. The third kappa shape index (κ3) is 3.64. The van der Waals surface area contributed by atoms with E-state index in [1.807, 2.05) is 0 Å². The lowest BCUT2D eigenvalue weighted by Gasteiger charge is -2.19. The first kappa shape index (κ1) is 13.2. The molecule has 1 nitrogen and oxygen atoms in total. The van der Waals surface area contributed by atoms with E-state index in [0.717, 1.165) is 12.8 Å². The number of benzene rings is 1. The molecule has 0 radical (unpaired) electrons. The maximum Gasteiger partial charge on any atom is 0.0320 e. The summed E-state index contributed by atoms with van der Waals surface area (Å²) in [5, 5.41) is 0. The Labute approximate surface area is 100 Å². The summed E-state index contributed by atoms with van der Waals surface area (Å²) in [6.45, 7) is 8.90. The molecular weight excluding hydrogens is 194 g/mol. The first-order valence-electron chi connectivity index (χ1n) is 6.39. The standard InChI is InChI=1S/C15H25N/c1-5-12(4)15(16)14-8-6-13(7-9-14)10-11(2)3/h6-9,11-12,15H,5,10,16H2,1-4H3. The predicted octanol–water partition coefficient (Wildman–Crippen LogP) is 3.93. The first-order chi connectivity index (χ1) is 7.54. The molecule has 0 spiro atoms. The summed E-state index contributed by atoms with van der Waals surface area (Å²) in [4.78, 5) is 0. The molecule has 0 saturated carbocycles. The van der Waals surface area contributed by atoms with E-state index < -0.39 is 0 Å². The first-order valence-corrected chi connectivity index (χ1v) is 6.39. The summed E-state index contributed by atoms with van der Waals surface area (Å²) >= 11 is 0. The van der Waals surface area contributed by atoms with Crippen molar-refractivity contribution < 1.29 is 0 Å². The molecule has 0 bridgehead atoms. The van der Waals surface area contributed by atoms with Crippen LogP contribution in [-0.2, 0) is 6.42 Å². The van der Waals surface area contributed by atoms with Gasteiger partial charge in [0.1, 0.15) is 0 Å². The van der Waals surface area contributed by atoms with Crippen LogP contribution in [-0.4, -0.2) is 0 Å². The largest absolute Gasteiger partial charge is 0.324 e. The molecule has 2 atom stereocenters. The fourth-order valence-corrected chi connectivity index (χ4v) is 1.93. The van der Waals surface area contributed by atoms with Crippen LogP contribution in [0.4, 0.5) is 0 Å². The van der Waals surface area contributed by atoms with Crippen LogP contribution in [0, 0.1) is 11.8 Å². The Morgan fingerprint density at radius 1 is 1.06 bits per heavy atom. The fraction of sp³-hybridized carbons (Fsp3) is 0.600. The molecule has 1 aromatic carbocycles. The van der Waals surface area contributed by atoms with Crippen LogP contribution in [0.15, 0.2) is 24.3 Å². The molecule has 0 aromatic heterocycles. The Kier molecular flexibility index (Phi) is 5.01. The smallest absolute Gasteiger partial charge is 0.0320 e. The van der Waals surface area contributed by atoms with Gasteiger partial charge < -0.3 is 5.73 Å². The van der Waals surface area contributed by atoms with Crippen LogP contribution in [0.1, 0.15) is 51.3 Å². The van der Waals surface area contributed by atoms with Gasteiger partial charge in [0, 0.05) is 6.04 Å². The van der Waals surface area contributed by atoms with Crippen molar-refractivity contribution in [2.24, 2.45) is 17.6 Å². The number of rotatable bonds is 5. The molecule has 0 fully saturated rings. The molecule has 0 amide bonds. The second kappa shape index (κ2) is 6.05. The second-order valence-corrected chi connectivity index (χ2v) is 5.25. The zero-order valence-corrected chi connectivity index (χ0v) is 11.0. The molecule has 1 rings (SSSR count). The van der Waals surface area contributed by atoms with Crippen molar-refractivity contribution in [2.45, 2.75) is 46.6 Å². The Bertz CT molecular complexity index is 300. The van der Waals surface area contributed by atoms with E-state index in [-0.39, 0.29) is 6.04 Å². The lowest BCUT2D eigenvalue weighted by Crippen LogP contribution is -2.18. The van der Waals surface area contributed by atoms with E-state index in [0.29, 0.717) is 11.8 Å². The highest BCUT2D eigenvalue weighted by Gasteiger charge is 2.12. The lowest BCUT2D eigenvalue weighted by atomic mass is 9.92. The molecule has 0 aliphatic carbocycles. The molecule has 0 heterocycles. The number of hydrogen-bond donors (Lipinski definition) is 1. The van der Waals surface area contributed by atoms with Crippen molar-refractivity contribution in [1.82, 2.24) is 0 Å². The molecule has 2 unspecified atom stereocenters. The average molecular weight is 219 g/mol. The van der Waals surface area contributed by atoms with Gasteiger partial charge in [-0.25, -0.2) is 0 Å². The van der Waals surface area contributed by atoms with Crippen molar-refractivity contribution in [1.29, 1.82) is 0 Å². The summed E-state index contributed by atoms with van der Waals surface area (Å²) in [5.41, 5.74) is 8.88. The second-order valence-electron chi connectivity index (χ2n) is 5.25. The molecule has 0 aliphatic rings. The minimum Gasteiger partial charge on any atom is -0.324 e. The zero-order valence-electron chi connectivity index (χ0n) is 11.0. The highest BCUT2D eigenvalue weighted by molar-refractivity contribution is 5.25. The molecule has 1 aromatic rings. The SMILES string of the molecule is CCC(C)C(N)c1ccc(CC(C)C)cc1. The lowest BCUT2D eigenvalue weighted by molar-refractivity contribution is 0.456. The van der Waals surface area contributed by atoms with Crippen LogP contribution in [0.3, 0.4) is 0 Å². The van der Waals surface area contributed by atoms with Gasteiger partial charge in [0.25, 0.3) is 0 Å². The fourth-order valence-electron chi connectivity index (χ4n) is 1.93. The molecule has 0 saturated heterocycles. The van der Waals surface area contributed by atoms with Crippen LogP contribution in [0.2, 0.25) is 0 Å². The van der Waals surface area contributed by atoms with Gasteiger partial charge in [-0.05, 0) is 29.4 Å². The summed E-state index contributed by atoms with van der Waals surface area (Å²) < 4.78 is 0. The van der Waals surface area contributed by atoms with Crippen molar-refractivity contribution in [3.63, 3.8) is 0 Å². The van der Waals surface area contributed by atoms with Crippen LogP contribution >= 0.6 is 0 Å². The van der Waals surface area contributed by atoms with Crippen molar-refractivity contribution in [3.8, 4) is 0 Å². The normalized spacial score (nSPS) is 15.1. The Morgan fingerprint density at radius 2 is 1.62 bits per heavy atom. The van der Waals surface area contributed by atoms with Gasteiger partial charge in [0.2, 0.25) is 0 Å². The third-order valence-electron chi connectivity index (χ3n) is 3.27. The Balaban J connectivity index is 2.70. The summed E-state index contributed by atoms with van der Waals surface area (Å²) in [6.07, 6.45) is 2.29. The molecule has 16 heavy (non-hydrogen) atoms. The zero-order chi connectivity index (χ0) is 12.1. The third-order valence-corrected chi connectivity index (χ3v) is 3.27. The van der Waals surface area contributed by atoms with Crippen LogP contribution in [0.5, 0.6) is 0 Å². The monoisotopic (exact) mass is 219 g/mol. The van der Waals surface area contributed by atoms with Crippen LogP contribution in [0.25, 0.3) is 0 Å². The molecule has 1 heteroatoms. The van der Waals surface area contributed by atoms with E-state index in [2.05, 4.69) is 52.0 Å². The van der Waals surface area contributed by atoms with E-state index in [9.17, 15) is 0 Å². The average Bonchev–Trinajstić information content (AvgIpc) is 2.27. The summed E-state index contributed by atoms with van der Waals surface area (Å²) in [7, 11) is 0. The molecule has 90 valence electrons. The van der Waals surface area contributed by atoms with Gasteiger partial charge in [0.05, 0.1) is 0 Å². The predicted molar refractivity (Wildman–Crippen MR) is 71.4 cm³/mol. The maximum atomic E-state index is 6.20. The topological polar surface area (TPSA) is 26.0 Å². The maximum absolute atomic E-state index is 6.20. The van der Waals surface area contributed by atoms with Gasteiger partial charge >= 0.3 is 0 Å². The summed E-state index contributed by atoms with van der Waals surface area (Å²) in [6, 6.07) is 9.00. The van der Waals surface area contributed by atoms with Gasteiger partial charge in [-0.3, -0.25) is 0 Å². The minimum absolute atomic E-state index is 0.179. The highest BCUT2D eigenvalue weighted by Crippen LogP contribution is 2.22. The van der Waals surface area contributed by atoms with E-state index in [1.54, 1.807) is 0 Å². The van der Waals surface area contributed by atoms with Crippen molar-refractivity contribution in [2.75, 3.05) is 0 Å². The van der Waals surface area contributed by atoms with Gasteiger partial charge in [-0.15, -0.1) is 0 Å². The van der Waals surface area contributed by atoms with E-state index >= 15 is 0 Å². The van der Waals surface area contributed by atoms with Crippen LogP contribution < -0.4 is 5.73 Å². The Morgan fingerprint density at radius 3 is 2.06 bits per heavy atom. The van der Waals surface area contributed by atoms with Gasteiger partial charge in [0.15, 0.2) is 0 Å². The minimum atomic E-state index is 0.179. The number of hydrogen-bond acceptors (Lipinski definition) is 1. The highest BCUT2D eigenvalue weighted by atomic mass is 14.6. The van der Waals surface area contributed by atoms with Crippen molar-refractivity contribution >= 4 is 0 Å². The number of nitrogens with two attached hydrogens (primary N) is 1. The Hall–Kier alpha value is -0.820. The van der Waals surface area contributed by atoms with E-state index in [1.165, 1.54) is 11.1 Å². The quantitative estimate of drug-likeness (QED) is 0.797.